The second kappa shape index (κ2) is 4.32. The van der Waals surface area contributed by atoms with Crippen LogP contribution in [0.4, 0.5) is 11.5 Å². The number of anilines is 2. The lowest BCUT2D eigenvalue weighted by molar-refractivity contribution is 0.485. The highest BCUT2D eigenvalue weighted by Crippen LogP contribution is 2.49. The Bertz CT molecular complexity index is 369. The molecule has 0 aromatic carbocycles. The van der Waals surface area contributed by atoms with Gasteiger partial charge >= 0.3 is 0 Å². The molecule has 1 heterocycles. The molecule has 3 heteroatoms. The number of hydrogen-bond acceptors (Lipinski definition) is 3. The van der Waals surface area contributed by atoms with E-state index < -0.39 is 0 Å². The molecule has 0 radical (unpaired) electrons. The van der Waals surface area contributed by atoms with Crippen molar-refractivity contribution in [3.8, 4) is 0 Å². The van der Waals surface area contributed by atoms with Crippen molar-refractivity contribution in [1.29, 1.82) is 0 Å². The summed E-state index contributed by atoms with van der Waals surface area (Å²) in [6, 6.07) is 2.03. The molecule has 1 saturated carbocycles. The van der Waals surface area contributed by atoms with E-state index in [-0.39, 0.29) is 0 Å². The predicted molar refractivity (Wildman–Crippen MR) is 68.5 cm³/mol. The minimum Gasteiger partial charge on any atom is -0.397 e. The molecule has 1 aromatic rings. The van der Waals surface area contributed by atoms with Gasteiger partial charge in [-0.05, 0) is 43.2 Å². The molecule has 88 valence electrons. The van der Waals surface area contributed by atoms with Crippen molar-refractivity contribution >= 4 is 11.5 Å². The molecule has 0 atom stereocenters. The van der Waals surface area contributed by atoms with Gasteiger partial charge in [0, 0.05) is 6.54 Å². The summed E-state index contributed by atoms with van der Waals surface area (Å²) in [4.78, 5) is 4.29. The third-order valence-corrected chi connectivity index (χ3v) is 3.53. The normalized spacial score (nSPS) is 17.1. The monoisotopic (exact) mass is 219 g/mol. The number of aryl methyl sites for hydroxylation is 1. The van der Waals surface area contributed by atoms with Gasteiger partial charge in [-0.15, -0.1) is 0 Å². The molecule has 0 amide bonds. The highest BCUT2D eigenvalue weighted by Gasteiger charge is 2.41. The zero-order chi connectivity index (χ0) is 11.6. The van der Waals surface area contributed by atoms with Crippen LogP contribution in [0.2, 0.25) is 0 Å². The quantitative estimate of drug-likeness (QED) is 0.800. The number of aromatic nitrogens is 1. The molecule has 16 heavy (non-hydrogen) atoms. The smallest absolute Gasteiger partial charge is 0.126 e. The molecule has 0 spiro atoms. The molecule has 3 nitrogen and oxygen atoms in total. The third-order valence-electron chi connectivity index (χ3n) is 3.53. The zero-order valence-electron chi connectivity index (χ0n) is 10.2. The Balaban J connectivity index is 1.92. The van der Waals surface area contributed by atoms with Gasteiger partial charge in [0.05, 0.1) is 11.9 Å². The van der Waals surface area contributed by atoms with Crippen LogP contribution >= 0.6 is 0 Å². The Morgan fingerprint density at radius 3 is 2.81 bits per heavy atom. The van der Waals surface area contributed by atoms with Gasteiger partial charge < -0.3 is 11.1 Å². The van der Waals surface area contributed by atoms with Crippen LogP contribution in [0.5, 0.6) is 0 Å². The Morgan fingerprint density at radius 2 is 2.25 bits per heavy atom. The van der Waals surface area contributed by atoms with Gasteiger partial charge in [0.2, 0.25) is 0 Å². The van der Waals surface area contributed by atoms with E-state index in [2.05, 4.69) is 17.2 Å². The summed E-state index contributed by atoms with van der Waals surface area (Å²) in [6.07, 6.45) is 7.06. The summed E-state index contributed by atoms with van der Waals surface area (Å²) in [6.45, 7) is 5.32. The molecule has 0 aliphatic heterocycles. The molecule has 0 bridgehead atoms. The molecule has 1 aromatic heterocycles. The molecule has 1 fully saturated rings. The van der Waals surface area contributed by atoms with Crippen LogP contribution in [-0.2, 0) is 0 Å². The number of nitrogen functional groups attached to an aromatic ring is 1. The summed E-state index contributed by atoms with van der Waals surface area (Å²) < 4.78 is 0. The first-order valence-corrected chi connectivity index (χ1v) is 6.11. The summed E-state index contributed by atoms with van der Waals surface area (Å²) in [7, 11) is 0. The van der Waals surface area contributed by atoms with Crippen LogP contribution < -0.4 is 11.1 Å². The SMILES string of the molecule is CCCC1(CNc2cc(C)c(N)cn2)CC1. The summed E-state index contributed by atoms with van der Waals surface area (Å²) >= 11 is 0. The van der Waals surface area contributed by atoms with Crippen molar-refractivity contribution in [1.82, 2.24) is 4.98 Å². The molecular formula is C13H21N3. The number of rotatable bonds is 5. The first-order valence-electron chi connectivity index (χ1n) is 6.11. The molecule has 2 rings (SSSR count). The Kier molecular flexibility index (Phi) is 3.03. The number of pyridine rings is 1. The summed E-state index contributed by atoms with van der Waals surface area (Å²) in [5, 5.41) is 3.43. The average Bonchev–Trinajstić information content (AvgIpc) is 3.01. The van der Waals surface area contributed by atoms with Crippen molar-refractivity contribution < 1.29 is 0 Å². The zero-order valence-corrected chi connectivity index (χ0v) is 10.2. The van der Waals surface area contributed by atoms with Gasteiger partial charge in [-0.3, -0.25) is 0 Å². The van der Waals surface area contributed by atoms with E-state index in [1.807, 2.05) is 13.0 Å². The fraction of sp³-hybridized carbons (Fsp3) is 0.615. The topological polar surface area (TPSA) is 50.9 Å². The van der Waals surface area contributed by atoms with Gasteiger partial charge in [0.15, 0.2) is 0 Å². The molecule has 1 aliphatic rings. The first-order chi connectivity index (χ1) is 7.65. The molecule has 3 N–H and O–H groups in total. The average molecular weight is 219 g/mol. The van der Waals surface area contributed by atoms with Crippen molar-refractivity contribution in [3.05, 3.63) is 17.8 Å². The van der Waals surface area contributed by atoms with E-state index in [9.17, 15) is 0 Å². The second-order valence-electron chi connectivity index (χ2n) is 5.03. The van der Waals surface area contributed by atoms with Crippen LogP contribution in [0.25, 0.3) is 0 Å². The Labute approximate surface area is 97.5 Å². The lowest BCUT2D eigenvalue weighted by atomic mass is 10.0. The number of hydrogen-bond donors (Lipinski definition) is 2. The number of nitrogens with two attached hydrogens (primary N) is 1. The van der Waals surface area contributed by atoms with Crippen LogP contribution in [0.3, 0.4) is 0 Å². The van der Waals surface area contributed by atoms with Gasteiger partial charge in [-0.2, -0.15) is 0 Å². The van der Waals surface area contributed by atoms with E-state index in [1.54, 1.807) is 6.20 Å². The lowest BCUT2D eigenvalue weighted by Gasteiger charge is -2.15. The van der Waals surface area contributed by atoms with Crippen molar-refractivity contribution in [2.75, 3.05) is 17.6 Å². The summed E-state index contributed by atoms with van der Waals surface area (Å²) in [5.74, 6) is 0.953. The lowest BCUT2D eigenvalue weighted by Crippen LogP contribution is -2.16. The fourth-order valence-electron chi connectivity index (χ4n) is 2.16. The standard InChI is InChI=1S/C13H21N3/c1-3-4-13(5-6-13)9-16-12-7-10(2)11(14)8-15-12/h7-8H,3-6,9,14H2,1-2H3,(H,15,16). The first kappa shape index (κ1) is 11.2. The third kappa shape index (κ3) is 2.46. The maximum Gasteiger partial charge on any atom is 0.126 e. The summed E-state index contributed by atoms with van der Waals surface area (Å²) in [5.41, 5.74) is 8.16. The van der Waals surface area contributed by atoms with Crippen LogP contribution in [0.1, 0.15) is 38.2 Å². The minimum atomic E-state index is 0.561. The fourth-order valence-corrected chi connectivity index (χ4v) is 2.16. The maximum atomic E-state index is 5.74. The largest absolute Gasteiger partial charge is 0.397 e. The van der Waals surface area contributed by atoms with Crippen LogP contribution in [-0.4, -0.2) is 11.5 Å². The highest BCUT2D eigenvalue weighted by molar-refractivity contribution is 5.50. The van der Waals surface area contributed by atoms with Crippen molar-refractivity contribution in [2.45, 2.75) is 39.5 Å². The van der Waals surface area contributed by atoms with E-state index in [0.717, 1.165) is 23.6 Å². The van der Waals surface area contributed by atoms with Gasteiger partial charge in [-0.1, -0.05) is 13.3 Å². The highest BCUT2D eigenvalue weighted by atomic mass is 15.0. The van der Waals surface area contributed by atoms with Gasteiger partial charge in [-0.25, -0.2) is 4.98 Å². The molecule has 1 aliphatic carbocycles. The van der Waals surface area contributed by atoms with E-state index in [4.69, 9.17) is 5.73 Å². The molecule has 0 saturated heterocycles. The second-order valence-corrected chi connectivity index (χ2v) is 5.03. The van der Waals surface area contributed by atoms with E-state index in [1.165, 1.54) is 25.7 Å². The van der Waals surface area contributed by atoms with Crippen molar-refractivity contribution in [3.63, 3.8) is 0 Å². The maximum absolute atomic E-state index is 5.74. The van der Waals surface area contributed by atoms with Crippen LogP contribution in [0.15, 0.2) is 12.3 Å². The number of nitrogens with one attached hydrogen (secondary N) is 1. The van der Waals surface area contributed by atoms with E-state index >= 15 is 0 Å². The predicted octanol–water partition coefficient (Wildman–Crippen LogP) is 2.96. The Morgan fingerprint density at radius 1 is 1.50 bits per heavy atom. The minimum absolute atomic E-state index is 0.561. The van der Waals surface area contributed by atoms with Crippen LogP contribution in [0, 0.1) is 12.3 Å². The molecule has 0 unspecified atom stereocenters. The number of nitrogens with zero attached hydrogens (tertiary/aromatic N) is 1. The van der Waals surface area contributed by atoms with Gasteiger partial charge in [0.1, 0.15) is 5.82 Å². The molecular weight excluding hydrogens is 198 g/mol. The van der Waals surface area contributed by atoms with Crippen molar-refractivity contribution in [2.24, 2.45) is 5.41 Å². The Hall–Kier alpha value is -1.25. The van der Waals surface area contributed by atoms with E-state index in [0.29, 0.717) is 5.41 Å². The van der Waals surface area contributed by atoms with Gasteiger partial charge in [0.25, 0.3) is 0 Å².